The van der Waals surface area contributed by atoms with Crippen LogP contribution in [-0.2, 0) is 11.3 Å². The largest absolute Gasteiger partial charge is 0.508 e. The van der Waals surface area contributed by atoms with E-state index in [9.17, 15) is 14.7 Å². The predicted molar refractivity (Wildman–Crippen MR) is 187 cm³/mol. The van der Waals surface area contributed by atoms with Gasteiger partial charge in [0.1, 0.15) is 22.9 Å². The number of esters is 1. The van der Waals surface area contributed by atoms with E-state index < -0.39 is 5.97 Å². The molecule has 0 unspecified atom stereocenters. The lowest BCUT2D eigenvalue weighted by atomic mass is 9.96. The van der Waals surface area contributed by atoms with Crippen LogP contribution in [0.25, 0.3) is 22.3 Å². The molecule has 0 atom stereocenters. The second kappa shape index (κ2) is 20.5. The summed E-state index contributed by atoms with van der Waals surface area (Å²) in [7, 11) is 2.94. The highest BCUT2D eigenvalue weighted by Gasteiger charge is 2.26. The van der Waals surface area contributed by atoms with Gasteiger partial charge >= 0.3 is 5.97 Å². The Labute approximate surface area is 275 Å². The van der Waals surface area contributed by atoms with Crippen LogP contribution in [0.1, 0.15) is 94.0 Å². The second-order valence-electron chi connectivity index (χ2n) is 10.2. The number of carbonyl (C=O) groups is 2. The molecule has 0 bridgehead atoms. The summed E-state index contributed by atoms with van der Waals surface area (Å²) in [5.41, 5.74) is 3.79. The summed E-state index contributed by atoms with van der Waals surface area (Å²) in [5.74, 6) is 0.793. The van der Waals surface area contributed by atoms with Crippen LogP contribution in [0.4, 0.5) is 0 Å². The van der Waals surface area contributed by atoms with Crippen molar-refractivity contribution in [2.24, 2.45) is 0 Å². The maximum atomic E-state index is 13.2. The van der Waals surface area contributed by atoms with Gasteiger partial charge in [-0.15, -0.1) is 0 Å². The number of benzene rings is 3. The number of rotatable bonds is 15. The highest BCUT2D eigenvalue weighted by molar-refractivity contribution is 6.03. The van der Waals surface area contributed by atoms with Gasteiger partial charge in [0.05, 0.1) is 27.4 Å². The van der Waals surface area contributed by atoms with Crippen LogP contribution in [0.3, 0.4) is 0 Å². The number of methoxy groups -OCH3 is 2. The number of aromatic nitrogens is 1. The van der Waals surface area contributed by atoms with E-state index in [0.29, 0.717) is 23.5 Å². The fourth-order valence-electron chi connectivity index (χ4n) is 4.96. The molecule has 0 aliphatic heterocycles. The first-order chi connectivity index (χ1) is 22.4. The van der Waals surface area contributed by atoms with Crippen molar-refractivity contribution < 1.29 is 28.9 Å². The monoisotopic (exact) mass is 629 g/mol. The Morgan fingerprint density at radius 3 is 1.87 bits per heavy atom. The molecule has 0 radical (unpaired) electrons. The van der Waals surface area contributed by atoms with Crippen LogP contribution in [0.2, 0.25) is 0 Å². The molecule has 0 spiro atoms. The van der Waals surface area contributed by atoms with E-state index in [2.05, 4.69) is 6.92 Å². The minimum atomic E-state index is -0.549. The van der Waals surface area contributed by atoms with E-state index in [1.165, 1.54) is 44.9 Å². The van der Waals surface area contributed by atoms with Crippen LogP contribution in [-0.4, -0.2) is 42.3 Å². The van der Waals surface area contributed by atoms with E-state index in [1.54, 1.807) is 23.8 Å². The first-order valence-corrected chi connectivity index (χ1v) is 16.5. The molecule has 1 N–H and O–H groups in total. The summed E-state index contributed by atoms with van der Waals surface area (Å²) in [5, 5.41) is 9.63. The number of ether oxygens (including phenoxy) is 3. The van der Waals surface area contributed by atoms with E-state index in [0.717, 1.165) is 35.3 Å². The number of aromatic hydroxyl groups is 1. The molecule has 0 fully saturated rings. The van der Waals surface area contributed by atoms with Crippen molar-refractivity contribution in [1.82, 2.24) is 4.57 Å². The Bertz CT molecular complexity index is 1450. The molecule has 0 aliphatic rings. The van der Waals surface area contributed by atoms with Gasteiger partial charge in [-0.25, -0.2) is 4.79 Å². The average Bonchev–Trinajstić information content (AvgIpc) is 3.48. The second-order valence-corrected chi connectivity index (χ2v) is 10.2. The minimum absolute atomic E-state index is 0.0752. The summed E-state index contributed by atoms with van der Waals surface area (Å²) >= 11 is 0. The Hall–Kier alpha value is -4.52. The van der Waals surface area contributed by atoms with Crippen LogP contribution in [0, 0.1) is 0 Å². The van der Waals surface area contributed by atoms with Gasteiger partial charge < -0.3 is 23.9 Å². The summed E-state index contributed by atoms with van der Waals surface area (Å²) < 4.78 is 18.2. The van der Waals surface area contributed by atoms with Crippen LogP contribution in [0.5, 0.6) is 17.2 Å². The first kappa shape index (κ1) is 37.7. The zero-order chi connectivity index (χ0) is 33.9. The quantitative estimate of drug-likeness (QED) is 0.0800. The number of Topliss-reactive ketones (excluding diaryl/α,β-unsaturated/α-hetero) is 1. The Balaban J connectivity index is 0.00000177. The molecular formula is C39H51NO6. The lowest BCUT2D eigenvalue weighted by Crippen LogP contribution is -2.16. The number of hydrogen-bond donors (Lipinski definition) is 1. The number of hydrogen-bond acceptors (Lipinski definition) is 6. The van der Waals surface area contributed by atoms with Crippen molar-refractivity contribution in [3.63, 3.8) is 0 Å². The maximum absolute atomic E-state index is 13.2. The summed E-state index contributed by atoms with van der Waals surface area (Å²) in [4.78, 5) is 26.5. The van der Waals surface area contributed by atoms with Crippen LogP contribution in [0.15, 0.2) is 79.0 Å². The number of unbranched alkanes of at least 4 members (excludes halogenated alkanes) is 5. The van der Waals surface area contributed by atoms with E-state index in [4.69, 9.17) is 14.2 Å². The van der Waals surface area contributed by atoms with Gasteiger partial charge in [0.25, 0.3) is 0 Å². The molecule has 7 nitrogen and oxygen atoms in total. The van der Waals surface area contributed by atoms with Crippen molar-refractivity contribution in [3.05, 3.63) is 90.3 Å². The molecular weight excluding hydrogens is 578 g/mol. The maximum Gasteiger partial charge on any atom is 0.355 e. The number of carbonyl (C=O) groups excluding carboxylic acids is 2. The summed E-state index contributed by atoms with van der Waals surface area (Å²) in [6, 6.07) is 21.3. The van der Waals surface area contributed by atoms with Crippen molar-refractivity contribution in [2.45, 2.75) is 79.7 Å². The Morgan fingerprint density at radius 2 is 1.28 bits per heavy atom. The van der Waals surface area contributed by atoms with Gasteiger partial charge in [0.15, 0.2) is 5.78 Å². The summed E-state index contributed by atoms with van der Waals surface area (Å²) in [6.07, 6.45) is 8.99. The fourth-order valence-corrected chi connectivity index (χ4v) is 4.96. The number of nitrogens with zero attached hydrogens (tertiary/aromatic N) is 1. The van der Waals surface area contributed by atoms with E-state index in [-0.39, 0.29) is 23.8 Å². The molecule has 4 aromatic rings. The predicted octanol–water partition coefficient (Wildman–Crippen LogP) is 10.00. The van der Waals surface area contributed by atoms with Gasteiger partial charge in [-0.05, 0) is 66.1 Å². The smallest absolute Gasteiger partial charge is 0.355 e. The topological polar surface area (TPSA) is 87.0 Å². The van der Waals surface area contributed by atoms with Crippen LogP contribution >= 0.6 is 0 Å². The highest BCUT2D eigenvalue weighted by Crippen LogP contribution is 2.38. The highest BCUT2D eigenvalue weighted by atomic mass is 16.5. The van der Waals surface area contributed by atoms with Crippen molar-refractivity contribution in [3.8, 4) is 39.5 Å². The molecule has 0 saturated heterocycles. The normalized spacial score (nSPS) is 10.2. The molecule has 1 heterocycles. The molecule has 0 amide bonds. The molecule has 0 saturated carbocycles. The van der Waals surface area contributed by atoms with Gasteiger partial charge in [0.2, 0.25) is 0 Å². The third kappa shape index (κ3) is 10.5. The SMILES string of the molecule is CC.CC.CCCCCCCCOc1ccc(-c2c(-c3ccc(OC)cc3)cn(CC(=O)c3ccc(O)cc3)c2C(=O)OC)cc1. The van der Waals surface area contributed by atoms with Gasteiger partial charge in [-0.1, -0.05) is 91.0 Å². The third-order valence-electron chi connectivity index (χ3n) is 7.27. The Kier molecular flexibility index (Phi) is 16.8. The molecule has 3 aromatic carbocycles. The van der Waals surface area contributed by atoms with E-state index >= 15 is 0 Å². The third-order valence-corrected chi connectivity index (χ3v) is 7.27. The standard InChI is InChI=1S/C35H39NO6.2C2H6/c1-4-5-6-7-8-9-22-42-30-20-14-27(15-21-30)33-31(25-12-18-29(40-2)19-13-25)23-36(34(33)35(39)41-3)24-32(38)26-10-16-28(37)17-11-26;2*1-2/h10-21,23,37H,4-9,22,24H2,1-3H3;2*1-2H3. The first-order valence-electron chi connectivity index (χ1n) is 16.5. The number of phenols is 1. The summed E-state index contributed by atoms with van der Waals surface area (Å²) in [6.45, 7) is 10.8. The molecule has 4 rings (SSSR count). The molecule has 0 aliphatic carbocycles. The molecule has 7 heteroatoms. The minimum Gasteiger partial charge on any atom is -0.508 e. The van der Waals surface area contributed by atoms with E-state index in [1.807, 2.05) is 82.4 Å². The number of ketones is 1. The zero-order valence-electron chi connectivity index (χ0n) is 28.6. The van der Waals surface area contributed by atoms with Gasteiger partial charge in [0, 0.05) is 22.9 Å². The fraction of sp³-hybridized carbons (Fsp3) is 0.385. The Morgan fingerprint density at radius 1 is 0.717 bits per heavy atom. The molecule has 1 aromatic heterocycles. The zero-order valence-corrected chi connectivity index (χ0v) is 28.6. The van der Waals surface area contributed by atoms with Gasteiger partial charge in [-0.2, -0.15) is 0 Å². The van der Waals surface area contributed by atoms with Crippen molar-refractivity contribution >= 4 is 11.8 Å². The lowest BCUT2D eigenvalue weighted by Gasteiger charge is -2.12. The molecule has 248 valence electrons. The van der Waals surface area contributed by atoms with Gasteiger partial charge in [-0.3, -0.25) is 4.79 Å². The molecule has 46 heavy (non-hydrogen) atoms. The van der Waals surface area contributed by atoms with Crippen molar-refractivity contribution in [2.75, 3.05) is 20.8 Å². The average molecular weight is 630 g/mol. The van der Waals surface area contributed by atoms with Crippen molar-refractivity contribution in [1.29, 1.82) is 0 Å². The number of phenolic OH excluding ortho intramolecular Hbond substituents is 1. The van der Waals surface area contributed by atoms with Crippen LogP contribution < -0.4 is 9.47 Å². The lowest BCUT2D eigenvalue weighted by molar-refractivity contribution is 0.0589.